The number of hydrogen-bond acceptors (Lipinski definition) is 2. The monoisotopic (exact) mass is 407 g/mol. The van der Waals surface area contributed by atoms with Crippen molar-refractivity contribution in [2.45, 2.75) is 12.5 Å². The third-order valence-electron chi connectivity index (χ3n) is 5.01. The highest BCUT2D eigenvalue weighted by Crippen LogP contribution is 2.47. The Hall–Kier alpha value is -2.12. The molecule has 1 aliphatic rings. The van der Waals surface area contributed by atoms with Gasteiger partial charge in [0, 0.05) is 11.4 Å². The highest BCUT2D eigenvalue weighted by molar-refractivity contribution is 7.76. The Kier molecular flexibility index (Phi) is 6.12. The molecule has 0 spiro atoms. The number of rotatable bonds is 6. The second-order valence-corrected chi connectivity index (χ2v) is 9.05. The molecule has 3 aromatic rings. The zero-order chi connectivity index (χ0) is 19.3. The van der Waals surface area contributed by atoms with E-state index >= 15 is 0 Å². The minimum absolute atomic E-state index is 0.123. The Morgan fingerprint density at radius 1 is 0.893 bits per heavy atom. The SMILES string of the molecule is CON1c2ccccc2C(=CP(c2ccccc2)c2ccccc2)C1CCCl. The summed E-state index contributed by atoms with van der Waals surface area (Å²) in [5.74, 6) is 3.04. The van der Waals surface area contributed by atoms with E-state index in [0.29, 0.717) is 5.88 Å². The van der Waals surface area contributed by atoms with E-state index in [1.165, 1.54) is 21.7 Å². The second-order valence-electron chi connectivity index (χ2n) is 6.64. The van der Waals surface area contributed by atoms with Gasteiger partial charge in [-0.05, 0) is 42.4 Å². The fourth-order valence-corrected chi connectivity index (χ4v) is 6.13. The molecular weight excluding hydrogens is 385 g/mol. The molecule has 3 aromatic carbocycles. The van der Waals surface area contributed by atoms with Gasteiger partial charge in [0.25, 0.3) is 0 Å². The normalized spacial score (nSPS) is 17.3. The van der Waals surface area contributed by atoms with Crippen LogP contribution in [0, 0.1) is 0 Å². The van der Waals surface area contributed by atoms with E-state index in [2.05, 4.69) is 90.7 Å². The minimum Gasteiger partial charge on any atom is -0.276 e. The summed E-state index contributed by atoms with van der Waals surface area (Å²) in [5, 5.41) is 4.69. The van der Waals surface area contributed by atoms with E-state index in [9.17, 15) is 0 Å². The van der Waals surface area contributed by atoms with Crippen LogP contribution in [0.3, 0.4) is 0 Å². The van der Waals surface area contributed by atoms with Crippen molar-refractivity contribution in [2.24, 2.45) is 0 Å². The van der Waals surface area contributed by atoms with E-state index in [1.54, 1.807) is 7.11 Å². The van der Waals surface area contributed by atoms with Crippen LogP contribution in [0.1, 0.15) is 12.0 Å². The molecule has 0 radical (unpaired) electrons. The van der Waals surface area contributed by atoms with Gasteiger partial charge >= 0.3 is 0 Å². The van der Waals surface area contributed by atoms with Crippen LogP contribution < -0.4 is 15.7 Å². The van der Waals surface area contributed by atoms with Gasteiger partial charge in [0.05, 0.1) is 18.8 Å². The Labute approximate surface area is 173 Å². The van der Waals surface area contributed by atoms with Crippen molar-refractivity contribution in [1.82, 2.24) is 0 Å². The molecule has 0 amide bonds. The van der Waals surface area contributed by atoms with Crippen molar-refractivity contribution >= 4 is 41.4 Å². The topological polar surface area (TPSA) is 12.5 Å². The van der Waals surface area contributed by atoms with Crippen LogP contribution in [0.25, 0.3) is 5.57 Å². The summed E-state index contributed by atoms with van der Waals surface area (Å²) in [6, 6.07) is 30.1. The Morgan fingerprint density at radius 3 is 2.04 bits per heavy atom. The number of halogens is 1. The number of fused-ring (bicyclic) bond motifs is 1. The highest BCUT2D eigenvalue weighted by atomic mass is 35.5. The lowest BCUT2D eigenvalue weighted by Crippen LogP contribution is -2.30. The van der Waals surface area contributed by atoms with Gasteiger partial charge in [0.2, 0.25) is 0 Å². The van der Waals surface area contributed by atoms with E-state index in [4.69, 9.17) is 16.4 Å². The van der Waals surface area contributed by atoms with Crippen molar-refractivity contribution in [2.75, 3.05) is 18.1 Å². The molecule has 28 heavy (non-hydrogen) atoms. The quantitative estimate of drug-likeness (QED) is 0.393. The van der Waals surface area contributed by atoms with Crippen molar-refractivity contribution in [3.63, 3.8) is 0 Å². The molecule has 1 aliphatic heterocycles. The van der Waals surface area contributed by atoms with Crippen molar-refractivity contribution in [3.8, 4) is 0 Å². The number of alkyl halides is 1. The van der Waals surface area contributed by atoms with E-state index in [0.717, 1.165) is 12.1 Å². The summed E-state index contributed by atoms with van der Waals surface area (Å²) in [7, 11) is 1.10. The molecule has 2 nitrogen and oxygen atoms in total. The summed E-state index contributed by atoms with van der Waals surface area (Å²) in [4.78, 5) is 5.77. The number of hydrogen-bond donors (Lipinski definition) is 0. The first-order chi connectivity index (χ1) is 13.8. The van der Waals surface area contributed by atoms with Gasteiger partial charge in [0.15, 0.2) is 0 Å². The molecule has 0 N–H and O–H groups in total. The molecule has 0 bridgehead atoms. The van der Waals surface area contributed by atoms with Crippen LogP contribution in [0.4, 0.5) is 5.69 Å². The zero-order valence-corrected chi connectivity index (χ0v) is 17.5. The summed E-state index contributed by atoms with van der Waals surface area (Å²) in [6.45, 7) is 0. The Morgan fingerprint density at radius 2 is 1.46 bits per heavy atom. The molecule has 0 saturated heterocycles. The van der Waals surface area contributed by atoms with Gasteiger partial charge in [-0.15, -0.1) is 11.6 Å². The standard InChI is InChI=1S/C24H23ClNOP/c1-27-26-23-15-9-8-14-21(23)22(24(26)16-17-25)18-28(19-10-4-2-5-11-19)20-12-6-3-7-13-20/h2-15,18,24H,16-17H2,1H3. The number of anilines is 1. The zero-order valence-electron chi connectivity index (χ0n) is 15.8. The van der Waals surface area contributed by atoms with Crippen LogP contribution in [-0.4, -0.2) is 19.0 Å². The molecule has 4 rings (SSSR count). The predicted molar refractivity (Wildman–Crippen MR) is 122 cm³/mol. The Balaban J connectivity index is 1.87. The molecule has 1 atom stereocenters. The van der Waals surface area contributed by atoms with Crippen molar-refractivity contribution < 1.29 is 4.84 Å². The first kappa shape index (κ1) is 19.2. The predicted octanol–water partition coefficient (Wildman–Crippen LogP) is 5.54. The molecule has 4 heteroatoms. The Bertz CT molecular complexity index is 906. The number of hydroxylamine groups is 1. The van der Waals surface area contributed by atoms with Gasteiger partial charge in [-0.2, -0.15) is 0 Å². The first-order valence-corrected chi connectivity index (χ1v) is 11.4. The van der Waals surface area contributed by atoms with Crippen LogP contribution in [0.15, 0.2) is 90.7 Å². The van der Waals surface area contributed by atoms with Gasteiger partial charge in [-0.3, -0.25) is 4.84 Å². The summed E-state index contributed by atoms with van der Waals surface area (Å²) < 4.78 is 0. The number of nitrogens with zero attached hydrogens (tertiary/aromatic N) is 1. The van der Waals surface area contributed by atoms with Gasteiger partial charge < -0.3 is 0 Å². The third-order valence-corrected chi connectivity index (χ3v) is 7.47. The largest absolute Gasteiger partial charge is 0.276 e. The molecule has 142 valence electrons. The summed E-state index contributed by atoms with van der Waals surface area (Å²) in [5.41, 5.74) is 3.65. The highest BCUT2D eigenvalue weighted by Gasteiger charge is 2.34. The first-order valence-electron chi connectivity index (χ1n) is 9.43. The van der Waals surface area contributed by atoms with E-state index in [1.807, 2.05) is 5.06 Å². The van der Waals surface area contributed by atoms with Crippen LogP contribution >= 0.6 is 19.5 Å². The second kappa shape index (κ2) is 8.92. The molecule has 1 unspecified atom stereocenters. The van der Waals surface area contributed by atoms with Crippen LogP contribution in [0.5, 0.6) is 0 Å². The van der Waals surface area contributed by atoms with E-state index in [-0.39, 0.29) is 6.04 Å². The summed E-state index contributed by atoms with van der Waals surface area (Å²) >= 11 is 6.18. The fourth-order valence-electron chi connectivity index (χ4n) is 3.76. The average molecular weight is 408 g/mol. The van der Waals surface area contributed by atoms with Gasteiger partial charge in [-0.25, -0.2) is 5.06 Å². The fraction of sp³-hybridized carbons (Fsp3) is 0.167. The molecule has 1 heterocycles. The number of benzene rings is 3. The third kappa shape index (κ3) is 3.73. The van der Waals surface area contributed by atoms with Crippen molar-refractivity contribution in [3.05, 3.63) is 96.3 Å². The average Bonchev–Trinajstić information content (AvgIpc) is 3.06. The lowest BCUT2D eigenvalue weighted by Gasteiger charge is -2.25. The number of para-hydroxylation sites is 1. The van der Waals surface area contributed by atoms with Gasteiger partial charge in [0.1, 0.15) is 0 Å². The molecule has 0 saturated carbocycles. The molecular formula is C24H23ClNOP. The van der Waals surface area contributed by atoms with Crippen molar-refractivity contribution in [1.29, 1.82) is 0 Å². The smallest absolute Gasteiger partial charge is 0.0833 e. The molecule has 0 aromatic heterocycles. The molecule has 0 aliphatic carbocycles. The van der Waals surface area contributed by atoms with Crippen LogP contribution in [0.2, 0.25) is 0 Å². The maximum absolute atomic E-state index is 6.18. The van der Waals surface area contributed by atoms with E-state index < -0.39 is 7.92 Å². The minimum atomic E-state index is -0.635. The molecule has 0 fully saturated rings. The summed E-state index contributed by atoms with van der Waals surface area (Å²) in [6.07, 6.45) is 0.836. The lowest BCUT2D eigenvalue weighted by atomic mass is 10.0. The lowest BCUT2D eigenvalue weighted by molar-refractivity contribution is 0.156. The maximum atomic E-state index is 6.18. The van der Waals surface area contributed by atoms with Crippen LogP contribution in [-0.2, 0) is 4.84 Å². The maximum Gasteiger partial charge on any atom is 0.0833 e. The van der Waals surface area contributed by atoms with Gasteiger partial charge in [-0.1, -0.05) is 78.9 Å².